The van der Waals surface area contributed by atoms with Gasteiger partial charge in [-0.2, -0.15) is 0 Å². The molecule has 0 N–H and O–H groups in total. The predicted molar refractivity (Wildman–Crippen MR) is 106 cm³/mol. The molecule has 0 aromatic heterocycles. The summed E-state index contributed by atoms with van der Waals surface area (Å²) in [4.78, 5) is 26.0. The lowest BCUT2D eigenvalue weighted by molar-refractivity contribution is -0.137. The fraction of sp³-hybridized carbons (Fsp3) is 0.500. The Morgan fingerprint density at radius 2 is 1.81 bits per heavy atom. The summed E-state index contributed by atoms with van der Waals surface area (Å²) in [6.07, 6.45) is 0.719. The lowest BCUT2D eigenvalue weighted by atomic mass is 10.2. The first-order chi connectivity index (χ1) is 12.5. The van der Waals surface area contributed by atoms with Crippen molar-refractivity contribution in [1.82, 2.24) is 4.90 Å². The topological polar surface area (TPSA) is 65.1 Å². The van der Waals surface area contributed by atoms with E-state index in [1.807, 2.05) is 30.3 Å². The van der Waals surface area contributed by atoms with Crippen LogP contribution in [0.5, 0.6) is 0 Å². The van der Waals surface area contributed by atoms with Crippen LogP contribution in [0.15, 0.2) is 42.1 Å². The number of esters is 1. The number of ether oxygens (including phenoxy) is 2. The van der Waals surface area contributed by atoms with Crippen molar-refractivity contribution in [2.45, 2.75) is 51.6 Å². The van der Waals surface area contributed by atoms with Gasteiger partial charge in [-0.05, 0) is 29.8 Å². The quantitative estimate of drug-likeness (QED) is 0.559. The highest BCUT2D eigenvalue weighted by Crippen LogP contribution is 2.38. The number of hydrogen-bond donors (Lipinski definition) is 0. The Labute approximate surface area is 162 Å². The molecule has 0 unspecified atom stereocenters. The Balaban J connectivity index is 2.10. The summed E-state index contributed by atoms with van der Waals surface area (Å²) in [5, 5.41) is 0.0213. The number of amides is 1. The standard InChI is InChI=1S/C20H29NO5Si/c1-20(2,3)27(5,6)26-16-12-17(18(22)24-4)21(13-16)19(23)25-14-15-10-8-7-9-11-15/h7-12,16H,13-14H2,1-6H3/t16-/m0/s1. The molecule has 0 fully saturated rings. The zero-order valence-electron chi connectivity index (χ0n) is 16.9. The maximum Gasteiger partial charge on any atom is 0.414 e. The molecule has 1 aromatic rings. The van der Waals surface area contributed by atoms with Gasteiger partial charge in [0.25, 0.3) is 0 Å². The maximum absolute atomic E-state index is 12.6. The number of nitrogens with zero attached hydrogens (tertiary/aromatic N) is 1. The molecule has 1 heterocycles. The van der Waals surface area contributed by atoms with Gasteiger partial charge in [-0.3, -0.25) is 4.90 Å². The van der Waals surface area contributed by atoms with E-state index in [9.17, 15) is 9.59 Å². The normalized spacial score (nSPS) is 17.5. The molecule has 0 saturated carbocycles. The fourth-order valence-corrected chi connectivity index (χ4v) is 3.73. The first-order valence-electron chi connectivity index (χ1n) is 9.01. The first kappa shape index (κ1) is 21.2. The lowest BCUT2D eigenvalue weighted by Gasteiger charge is -2.38. The van der Waals surface area contributed by atoms with Gasteiger partial charge < -0.3 is 13.9 Å². The van der Waals surface area contributed by atoms with E-state index in [1.165, 1.54) is 12.0 Å². The van der Waals surface area contributed by atoms with Crippen molar-refractivity contribution in [3.63, 3.8) is 0 Å². The van der Waals surface area contributed by atoms with E-state index in [0.29, 0.717) is 0 Å². The summed E-state index contributed by atoms with van der Waals surface area (Å²) in [7, 11) is -0.765. The van der Waals surface area contributed by atoms with Crippen LogP contribution >= 0.6 is 0 Å². The predicted octanol–water partition coefficient (Wildman–Crippen LogP) is 4.09. The van der Waals surface area contributed by atoms with Crippen LogP contribution in [0.3, 0.4) is 0 Å². The summed E-state index contributed by atoms with van der Waals surface area (Å²) < 4.78 is 16.5. The molecule has 1 aromatic carbocycles. The second-order valence-corrected chi connectivity index (χ2v) is 12.9. The van der Waals surface area contributed by atoms with E-state index >= 15 is 0 Å². The highest BCUT2D eigenvalue weighted by Gasteiger charge is 2.42. The highest BCUT2D eigenvalue weighted by atomic mass is 28.4. The van der Waals surface area contributed by atoms with E-state index in [-0.39, 0.29) is 30.0 Å². The van der Waals surface area contributed by atoms with Gasteiger partial charge in [-0.15, -0.1) is 0 Å². The smallest absolute Gasteiger partial charge is 0.414 e. The van der Waals surface area contributed by atoms with Crippen molar-refractivity contribution in [2.75, 3.05) is 13.7 Å². The van der Waals surface area contributed by atoms with E-state index in [0.717, 1.165) is 5.56 Å². The molecule has 0 saturated heterocycles. The van der Waals surface area contributed by atoms with Gasteiger partial charge >= 0.3 is 12.1 Å². The van der Waals surface area contributed by atoms with Gasteiger partial charge in [0.2, 0.25) is 0 Å². The van der Waals surface area contributed by atoms with Crippen LogP contribution in [-0.2, 0) is 25.3 Å². The molecule has 148 valence electrons. The van der Waals surface area contributed by atoms with E-state index < -0.39 is 20.4 Å². The number of hydrogen-bond acceptors (Lipinski definition) is 5. The van der Waals surface area contributed by atoms with Crippen LogP contribution < -0.4 is 0 Å². The van der Waals surface area contributed by atoms with Crippen molar-refractivity contribution < 1.29 is 23.5 Å². The van der Waals surface area contributed by atoms with E-state index in [2.05, 4.69) is 33.9 Å². The molecule has 1 atom stereocenters. The molecule has 1 amide bonds. The third kappa shape index (κ3) is 5.20. The number of carbonyl (C=O) groups excluding carboxylic acids is 2. The molecular formula is C20H29NO5Si. The number of benzene rings is 1. The Morgan fingerprint density at radius 1 is 1.19 bits per heavy atom. The van der Waals surface area contributed by atoms with Crippen LogP contribution in [0.4, 0.5) is 4.79 Å². The minimum absolute atomic E-state index is 0.0213. The minimum atomic E-state index is -2.06. The molecule has 0 radical (unpaired) electrons. The molecular weight excluding hydrogens is 362 g/mol. The SMILES string of the molecule is COC(=O)C1=C[C@H](O[Si](C)(C)C(C)(C)C)CN1C(=O)OCc1ccccc1. The molecule has 0 spiro atoms. The third-order valence-corrected chi connectivity index (χ3v) is 9.57. The monoisotopic (exact) mass is 391 g/mol. The van der Waals surface area contributed by atoms with Crippen LogP contribution in [0.1, 0.15) is 26.3 Å². The van der Waals surface area contributed by atoms with Gasteiger partial charge in [0.05, 0.1) is 19.8 Å². The molecule has 0 bridgehead atoms. The number of methoxy groups -OCH3 is 1. The summed E-state index contributed by atoms with van der Waals surface area (Å²) >= 11 is 0. The fourth-order valence-electron chi connectivity index (χ4n) is 2.48. The zero-order valence-corrected chi connectivity index (χ0v) is 17.9. The van der Waals surface area contributed by atoms with Crippen LogP contribution in [0, 0.1) is 0 Å². The van der Waals surface area contributed by atoms with Crippen molar-refractivity contribution in [3.05, 3.63) is 47.7 Å². The van der Waals surface area contributed by atoms with Crippen molar-refractivity contribution in [2.24, 2.45) is 0 Å². The third-order valence-electron chi connectivity index (χ3n) is 5.07. The molecule has 1 aliphatic rings. The summed E-state index contributed by atoms with van der Waals surface area (Å²) in [6, 6.07) is 9.39. The van der Waals surface area contributed by atoms with Gasteiger partial charge in [-0.1, -0.05) is 51.1 Å². The summed E-state index contributed by atoms with van der Waals surface area (Å²) in [5.74, 6) is -0.576. The maximum atomic E-state index is 12.6. The molecule has 0 aliphatic carbocycles. The van der Waals surface area contributed by atoms with Gasteiger partial charge in [0, 0.05) is 0 Å². The van der Waals surface area contributed by atoms with Crippen molar-refractivity contribution in [3.8, 4) is 0 Å². The lowest BCUT2D eigenvalue weighted by Crippen LogP contribution is -2.45. The Morgan fingerprint density at radius 3 is 2.37 bits per heavy atom. The van der Waals surface area contributed by atoms with Gasteiger partial charge in [-0.25, -0.2) is 9.59 Å². The van der Waals surface area contributed by atoms with Crippen molar-refractivity contribution in [1.29, 1.82) is 0 Å². The van der Waals surface area contributed by atoms with Crippen LogP contribution in [-0.4, -0.2) is 45.0 Å². The van der Waals surface area contributed by atoms with E-state index in [4.69, 9.17) is 13.9 Å². The first-order valence-corrected chi connectivity index (χ1v) is 11.9. The summed E-state index contributed by atoms with van der Waals surface area (Å²) in [5.41, 5.74) is 1.04. The molecule has 7 heteroatoms. The average molecular weight is 392 g/mol. The van der Waals surface area contributed by atoms with Crippen molar-refractivity contribution >= 4 is 20.4 Å². The van der Waals surface area contributed by atoms with Crippen LogP contribution in [0.25, 0.3) is 0 Å². The Kier molecular flexibility index (Phi) is 6.49. The van der Waals surface area contributed by atoms with Crippen LogP contribution in [0.2, 0.25) is 18.1 Å². The molecule has 27 heavy (non-hydrogen) atoms. The highest BCUT2D eigenvalue weighted by molar-refractivity contribution is 6.74. The number of rotatable bonds is 5. The van der Waals surface area contributed by atoms with Gasteiger partial charge in [0.1, 0.15) is 12.3 Å². The van der Waals surface area contributed by atoms with Gasteiger partial charge in [0.15, 0.2) is 8.32 Å². The zero-order chi connectivity index (χ0) is 20.2. The average Bonchev–Trinajstić information content (AvgIpc) is 3.02. The van der Waals surface area contributed by atoms with E-state index in [1.54, 1.807) is 6.08 Å². The second kappa shape index (κ2) is 8.27. The molecule has 6 nitrogen and oxygen atoms in total. The Hall–Kier alpha value is -2.12. The summed E-state index contributed by atoms with van der Waals surface area (Å²) in [6.45, 7) is 11.1. The second-order valence-electron chi connectivity index (χ2n) is 8.11. The largest absolute Gasteiger partial charge is 0.464 e. The Bertz CT molecular complexity index is 709. The minimum Gasteiger partial charge on any atom is -0.464 e. The molecule has 2 rings (SSSR count). The number of carbonyl (C=O) groups is 2. The molecule has 1 aliphatic heterocycles.